The van der Waals surface area contributed by atoms with Gasteiger partial charge in [-0.1, -0.05) is 13.8 Å². The quantitative estimate of drug-likeness (QED) is 0.588. The van der Waals surface area contributed by atoms with E-state index in [1.807, 2.05) is 5.51 Å². The molecule has 1 nitrogen and oxygen atoms in total. The molecular weight excluding hydrogens is 141 g/mol. The molecule has 0 aliphatic carbocycles. The van der Waals surface area contributed by atoms with Gasteiger partial charge in [-0.25, -0.2) is 0 Å². The fraction of sp³-hybridized carbons (Fsp3) is 0.571. The van der Waals surface area contributed by atoms with E-state index in [2.05, 4.69) is 18.8 Å². The van der Waals surface area contributed by atoms with E-state index in [1.165, 1.54) is 4.88 Å². The van der Waals surface area contributed by atoms with Crippen molar-refractivity contribution in [1.29, 1.82) is 0 Å². The zero-order valence-corrected chi connectivity index (χ0v) is 7.11. The van der Waals surface area contributed by atoms with E-state index >= 15 is 0 Å². The molecule has 10 heavy (non-hydrogen) atoms. The van der Waals surface area contributed by atoms with Gasteiger partial charge in [0.25, 0.3) is 0 Å². The highest BCUT2D eigenvalue weighted by Crippen LogP contribution is 2.22. The molecule has 0 aromatic carbocycles. The number of hydrogen-bond donors (Lipinski definition) is 0. The van der Waals surface area contributed by atoms with E-state index in [0.717, 1.165) is 5.69 Å². The van der Waals surface area contributed by atoms with Crippen LogP contribution in [-0.2, 0) is 6.32 Å². The normalized spacial score (nSPS) is 10.7. The Kier molecular flexibility index (Phi) is 2.49. The molecule has 0 amide bonds. The molecule has 0 bridgehead atoms. The fourth-order valence-electron chi connectivity index (χ4n) is 0.901. The van der Waals surface area contributed by atoms with E-state index in [1.54, 1.807) is 11.3 Å². The highest BCUT2D eigenvalue weighted by Gasteiger charge is 2.06. The van der Waals surface area contributed by atoms with Crippen molar-refractivity contribution >= 4 is 19.2 Å². The first kappa shape index (κ1) is 7.80. The van der Waals surface area contributed by atoms with Gasteiger partial charge in [-0.15, -0.1) is 11.3 Å². The van der Waals surface area contributed by atoms with Crippen LogP contribution in [0.2, 0.25) is 0 Å². The fourth-order valence-corrected chi connectivity index (χ4v) is 1.74. The van der Waals surface area contributed by atoms with E-state index in [-0.39, 0.29) is 0 Å². The summed E-state index contributed by atoms with van der Waals surface area (Å²) in [6.07, 6.45) is 0.566. The number of aromatic nitrogens is 1. The van der Waals surface area contributed by atoms with Gasteiger partial charge in [0.2, 0.25) is 0 Å². The number of rotatable bonds is 2. The molecule has 0 unspecified atom stereocenters. The molecule has 0 saturated heterocycles. The van der Waals surface area contributed by atoms with Gasteiger partial charge in [-0.05, 0) is 12.2 Å². The van der Waals surface area contributed by atoms with E-state index in [9.17, 15) is 0 Å². The third-order valence-corrected chi connectivity index (χ3v) is 2.56. The van der Waals surface area contributed by atoms with Crippen LogP contribution < -0.4 is 0 Å². The summed E-state index contributed by atoms with van der Waals surface area (Å²) < 4.78 is 0. The van der Waals surface area contributed by atoms with Crippen molar-refractivity contribution in [1.82, 2.24) is 4.98 Å². The molecule has 1 aromatic heterocycles. The average Bonchev–Trinajstić information content (AvgIpc) is 2.33. The van der Waals surface area contributed by atoms with Crippen molar-refractivity contribution in [3.63, 3.8) is 0 Å². The van der Waals surface area contributed by atoms with E-state index in [4.69, 9.17) is 7.85 Å². The topological polar surface area (TPSA) is 12.9 Å². The maximum Gasteiger partial charge on any atom is 0.0797 e. The van der Waals surface area contributed by atoms with Crippen LogP contribution in [0.1, 0.15) is 30.3 Å². The zero-order chi connectivity index (χ0) is 7.56. The monoisotopic (exact) mass is 151 g/mol. The Morgan fingerprint density at radius 1 is 1.70 bits per heavy atom. The predicted octanol–water partition coefficient (Wildman–Crippen LogP) is 1.93. The second-order valence-electron chi connectivity index (χ2n) is 2.52. The highest BCUT2D eigenvalue weighted by atomic mass is 32.1. The lowest BCUT2D eigenvalue weighted by atomic mass is 9.98. The Morgan fingerprint density at radius 2 is 2.40 bits per heavy atom. The Hall–Kier alpha value is -0.305. The molecule has 52 valence electrons. The van der Waals surface area contributed by atoms with E-state index < -0.39 is 0 Å². The first-order valence-electron chi connectivity index (χ1n) is 3.38. The van der Waals surface area contributed by atoms with Crippen molar-refractivity contribution in [3.05, 3.63) is 16.1 Å². The number of thiazole rings is 1. The molecule has 0 aliphatic heterocycles. The lowest BCUT2D eigenvalue weighted by Crippen LogP contribution is -1.91. The summed E-state index contributed by atoms with van der Waals surface area (Å²) >= 11 is 1.69. The van der Waals surface area contributed by atoms with Crippen molar-refractivity contribution < 1.29 is 0 Å². The lowest BCUT2D eigenvalue weighted by molar-refractivity contribution is 0.870. The second kappa shape index (κ2) is 3.19. The van der Waals surface area contributed by atoms with Crippen LogP contribution >= 0.6 is 11.3 Å². The van der Waals surface area contributed by atoms with Crippen LogP contribution in [0.3, 0.4) is 0 Å². The highest BCUT2D eigenvalue weighted by molar-refractivity contribution is 7.09. The zero-order valence-electron chi connectivity index (χ0n) is 6.29. The molecule has 0 atom stereocenters. The van der Waals surface area contributed by atoms with Crippen LogP contribution in [0.4, 0.5) is 0 Å². The largest absolute Gasteiger partial charge is 0.250 e. The Bertz CT molecular complexity index is 207. The number of hydrogen-bond acceptors (Lipinski definition) is 2. The van der Waals surface area contributed by atoms with Crippen molar-refractivity contribution in [3.8, 4) is 0 Å². The summed E-state index contributed by atoms with van der Waals surface area (Å²) in [5.41, 5.74) is 2.91. The van der Waals surface area contributed by atoms with Crippen molar-refractivity contribution in [2.45, 2.75) is 26.1 Å². The van der Waals surface area contributed by atoms with Gasteiger partial charge in [-0.2, -0.15) is 0 Å². The SMILES string of the molecule is [B]Cc1ncsc1C(C)C. The molecule has 2 radical (unpaired) electrons. The van der Waals surface area contributed by atoms with Crippen LogP contribution in [0.15, 0.2) is 5.51 Å². The summed E-state index contributed by atoms with van der Waals surface area (Å²) in [5.74, 6) is 0.561. The van der Waals surface area contributed by atoms with Gasteiger partial charge in [0, 0.05) is 10.6 Å². The summed E-state index contributed by atoms with van der Waals surface area (Å²) in [4.78, 5) is 5.47. The molecule has 0 saturated carbocycles. The Labute approximate surface area is 66.9 Å². The molecule has 1 rings (SSSR count). The number of nitrogens with zero attached hydrogens (tertiary/aromatic N) is 1. The summed E-state index contributed by atoms with van der Waals surface area (Å²) in [6.45, 7) is 4.32. The molecule has 0 aliphatic rings. The first-order chi connectivity index (χ1) is 4.75. The predicted molar refractivity (Wildman–Crippen MR) is 45.7 cm³/mol. The van der Waals surface area contributed by atoms with Crippen LogP contribution in [0, 0.1) is 0 Å². The molecule has 0 spiro atoms. The Morgan fingerprint density at radius 3 is 2.80 bits per heavy atom. The van der Waals surface area contributed by atoms with Gasteiger partial charge >= 0.3 is 0 Å². The molecular formula is C7H10BNS. The van der Waals surface area contributed by atoms with Crippen LogP contribution in [0.5, 0.6) is 0 Å². The molecule has 3 heteroatoms. The third-order valence-electron chi connectivity index (χ3n) is 1.39. The minimum Gasteiger partial charge on any atom is -0.250 e. The lowest BCUT2D eigenvalue weighted by Gasteiger charge is -2.01. The third kappa shape index (κ3) is 1.40. The molecule has 0 fully saturated rings. The summed E-state index contributed by atoms with van der Waals surface area (Å²) in [5, 5.41) is 0. The molecule has 1 aromatic rings. The van der Waals surface area contributed by atoms with Gasteiger partial charge < -0.3 is 0 Å². The van der Waals surface area contributed by atoms with Gasteiger partial charge in [0.15, 0.2) is 0 Å². The van der Waals surface area contributed by atoms with E-state index in [0.29, 0.717) is 12.2 Å². The maximum atomic E-state index is 5.48. The minimum absolute atomic E-state index is 0.561. The van der Waals surface area contributed by atoms with Crippen LogP contribution in [-0.4, -0.2) is 12.8 Å². The van der Waals surface area contributed by atoms with Crippen LogP contribution in [0.25, 0.3) is 0 Å². The Balaban J connectivity index is 2.90. The van der Waals surface area contributed by atoms with Gasteiger partial charge in [0.1, 0.15) is 0 Å². The molecule has 0 N–H and O–H groups in total. The molecule has 1 heterocycles. The summed E-state index contributed by atoms with van der Waals surface area (Å²) in [7, 11) is 5.48. The second-order valence-corrected chi connectivity index (χ2v) is 3.41. The standard InChI is InChI=1S/C7H10BNS/c1-5(2)7-6(3-8)9-4-10-7/h4-5H,3H2,1-2H3. The van der Waals surface area contributed by atoms with Crippen molar-refractivity contribution in [2.75, 3.05) is 0 Å². The van der Waals surface area contributed by atoms with Gasteiger partial charge in [0.05, 0.1) is 13.4 Å². The summed E-state index contributed by atoms with van der Waals surface area (Å²) in [6, 6.07) is 0. The maximum absolute atomic E-state index is 5.48. The average molecular weight is 151 g/mol. The van der Waals surface area contributed by atoms with Gasteiger partial charge in [-0.3, -0.25) is 4.98 Å². The minimum atomic E-state index is 0.561. The first-order valence-corrected chi connectivity index (χ1v) is 4.26. The van der Waals surface area contributed by atoms with Crippen molar-refractivity contribution in [2.24, 2.45) is 0 Å². The smallest absolute Gasteiger partial charge is 0.0797 e.